The first-order valence-corrected chi connectivity index (χ1v) is 6.93. The van der Waals surface area contributed by atoms with Crippen LogP contribution in [0.2, 0.25) is 0 Å². The number of nitrogens with zero attached hydrogens (tertiary/aromatic N) is 4. The van der Waals surface area contributed by atoms with Crippen molar-refractivity contribution in [1.82, 2.24) is 20.2 Å². The number of tetrazole rings is 1. The molecule has 1 aromatic carbocycles. The maximum Gasteiger partial charge on any atom is 0.244 e. The molecule has 3 heterocycles. The highest BCUT2D eigenvalue weighted by molar-refractivity contribution is 7.71. The summed E-state index contributed by atoms with van der Waals surface area (Å²) in [7, 11) is 0. The number of benzene rings is 1. The molecule has 1 aromatic heterocycles. The Hall–Kier alpha value is -1.77. The molecule has 1 atom stereocenters. The lowest BCUT2D eigenvalue weighted by Crippen LogP contribution is -2.33. The molecule has 7 nitrogen and oxygen atoms in total. The highest BCUT2D eigenvalue weighted by Crippen LogP contribution is 2.34. The summed E-state index contributed by atoms with van der Waals surface area (Å²) >= 11 is 5.12. The summed E-state index contributed by atoms with van der Waals surface area (Å²) in [5.74, 6) is 0. The van der Waals surface area contributed by atoms with E-state index in [9.17, 15) is 0 Å². The van der Waals surface area contributed by atoms with Gasteiger partial charge in [-0.25, -0.2) is 4.68 Å². The van der Waals surface area contributed by atoms with Crippen molar-refractivity contribution < 1.29 is 9.78 Å². The van der Waals surface area contributed by atoms with Crippen molar-refractivity contribution >= 4 is 17.9 Å². The van der Waals surface area contributed by atoms with Crippen LogP contribution in [0.3, 0.4) is 0 Å². The molecule has 2 aromatic rings. The van der Waals surface area contributed by atoms with Gasteiger partial charge in [-0.15, -0.1) is 0 Å². The van der Waals surface area contributed by atoms with Crippen molar-refractivity contribution in [3.05, 3.63) is 29.0 Å². The van der Waals surface area contributed by atoms with E-state index in [0.717, 1.165) is 30.8 Å². The summed E-state index contributed by atoms with van der Waals surface area (Å²) in [6.45, 7) is 1.00. The maximum absolute atomic E-state index is 5.12. The van der Waals surface area contributed by atoms with Crippen molar-refractivity contribution in [1.29, 1.82) is 0 Å². The Labute approximate surface area is 120 Å². The second-order valence-electron chi connectivity index (χ2n) is 4.90. The molecule has 0 amide bonds. The Balaban J connectivity index is 1.69. The van der Waals surface area contributed by atoms with E-state index < -0.39 is 0 Å². The second-order valence-corrected chi connectivity index (χ2v) is 5.27. The number of anilines is 1. The molecular weight excluding hydrogens is 278 g/mol. The van der Waals surface area contributed by atoms with E-state index in [1.54, 1.807) is 4.68 Å². The minimum absolute atomic E-state index is 0.0860. The van der Waals surface area contributed by atoms with Crippen LogP contribution < -0.4 is 4.90 Å². The van der Waals surface area contributed by atoms with Crippen LogP contribution in [0.1, 0.15) is 12.8 Å². The fourth-order valence-corrected chi connectivity index (χ4v) is 2.92. The van der Waals surface area contributed by atoms with Gasteiger partial charge < -0.3 is 4.90 Å². The van der Waals surface area contributed by atoms with Gasteiger partial charge in [0, 0.05) is 12.2 Å². The first-order valence-electron chi connectivity index (χ1n) is 6.52. The number of nitrogens with one attached hydrogen (secondary N) is 1. The first-order chi connectivity index (χ1) is 9.83. The predicted octanol–water partition coefficient (Wildman–Crippen LogP) is 1.58. The minimum atomic E-state index is -0.0860. The van der Waals surface area contributed by atoms with Crippen LogP contribution in [0.5, 0.6) is 0 Å². The van der Waals surface area contributed by atoms with Gasteiger partial charge in [0.2, 0.25) is 11.1 Å². The van der Waals surface area contributed by atoms with Gasteiger partial charge in [0.15, 0.2) is 0 Å². The van der Waals surface area contributed by atoms with Gasteiger partial charge in [-0.1, -0.05) is 16.4 Å². The fourth-order valence-electron chi connectivity index (χ4n) is 2.73. The molecule has 1 unspecified atom stereocenters. The van der Waals surface area contributed by atoms with Crippen LogP contribution in [0.4, 0.5) is 5.69 Å². The molecule has 20 heavy (non-hydrogen) atoms. The molecule has 4 rings (SSSR count). The van der Waals surface area contributed by atoms with Gasteiger partial charge in [-0.3, -0.25) is 0 Å². The van der Waals surface area contributed by atoms with E-state index in [1.807, 2.05) is 12.1 Å². The molecule has 0 bridgehead atoms. The lowest BCUT2D eigenvalue weighted by molar-refractivity contribution is 0.0850. The average molecular weight is 291 g/mol. The normalized spacial score (nSPS) is 22.4. The van der Waals surface area contributed by atoms with Gasteiger partial charge in [0.05, 0.1) is 11.7 Å². The lowest BCUT2D eigenvalue weighted by Gasteiger charge is -2.24. The highest BCUT2D eigenvalue weighted by atomic mass is 32.1. The topological polar surface area (TPSA) is 74.8 Å². The highest BCUT2D eigenvalue weighted by Gasteiger charge is 2.42. The molecular formula is C12H13N5O2S. The quantitative estimate of drug-likeness (QED) is 0.526. The van der Waals surface area contributed by atoms with E-state index in [1.165, 1.54) is 0 Å². The van der Waals surface area contributed by atoms with Crippen molar-refractivity contribution in [2.24, 2.45) is 0 Å². The number of H-pyrrole nitrogens is 1. The minimum Gasteiger partial charge on any atom is -0.363 e. The van der Waals surface area contributed by atoms with E-state index in [-0.39, 0.29) is 12.3 Å². The second kappa shape index (κ2) is 4.65. The van der Waals surface area contributed by atoms with Crippen LogP contribution in [0, 0.1) is 4.77 Å². The zero-order chi connectivity index (χ0) is 13.5. The van der Waals surface area contributed by atoms with Crippen LogP contribution in [0.25, 0.3) is 5.69 Å². The third-order valence-electron chi connectivity index (χ3n) is 3.71. The van der Waals surface area contributed by atoms with E-state index >= 15 is 0 Å². The summed E-state index contributed by atoms with van der Waals surface area (Å²) in [6.07, 6.45) is 2.14. The summed E-state index contributed by atoms with van der Waals surface area (Å²) < 4.78 is 2.09. The number of rotatable bonds is 3. The Morgan fingerprint density at radius 3 is 2.90 bits per heavy atom. The fraction of sp³-hybridized carbons (Fsp3) is 0.417. The number of aromatic amines is 1. The molecule has 104 valence electrons. The molecule has 0 radical (unpaired) electrons. The summed E-state index contributed by atoms with van der Waals surface area (Å²) in [5, 5.41) is 10.3. The Bertz CT molecular complexity index is 680. The SMILES string of the molecule is S=c1nn[nH]n1-c1cccc(N2CCCC2C2OO2)c1. The van der Waals surface area contributed by atoms with Gasteiger partial charge in [-0.2, -0.15) is 15.0 Å². The van der Waals surface area contributed by atoms with E-state index in [4.69, 9.17) is 22.0 Å². The molecule has 0 spiro atoms. The number of hydrogen-bond donors (Lipinski definition) is 1. The molecule has 2 saturated heterocycles. The third-order valence-corrected chi connectivity index (χ3v) is 3.98. The van der Waals surface area contributed by atoms with Crippen molar-refractivity contribution in [3.63, 3.8) is 0 Å². The molecule has 2 aliphatic heterocycles. The monoisotopic (exact) mass is 291 g/mol. The van der Waals surface area contributed by atoms with E-state index in [2.05, 4.69) is 32.6 Å². The molecule has 1 N–H and O–H groups in total. The van der Waals surface area contributed by atoms with Crippen molar-refractivity contribution in [2.45, 2.75) is 25.2 Å². The van der Waals surface area contributed by atoms with Crippen molar-refractivity contribution in [3.8, 4) is 5.69 Å². The third kappa shape index (κ3) is 2.01. The molecule has 2 aliphatic rings. The zero-order valence-corrected chi connectivity index (χ0v) is 11.4. The Morgan fingerprint density at radius 1 is 1.30 bits per heavy atom. The Kier molecular flexibility index (Phi) is 2.79. The molecule has 0 saturated carbocycles. The maximum atomic E-state index is 5.12. The number of aromatic nitrogens is 4. The van der Waals surface area contributed by atoms with Gasteiger partial charge >= 0.3 is 0 Å². The van der Waals surface area contributed by atoms with Crippen LogP contribution >= 0.6 is 12.2 Å². The summed E-state index contributed by atoms with van der Waals surface area (Å²) in [6, 6.07) is 8.40. The lowest BCUT2D eigenvalue weighted by atomic mass is 10.2. The molecule has 8 heteroatoms. The average Bonchev–Trinajstić information content (AvgIpc) is 3.04. The van der Waals surface area contributed by atoms with E-state index in [0.29, 0.717) is 4.77 Å². The van der Waals surface area contributed by atoms with Gasteiger partial charge in [0.1, 0.15) is 0 Å². The summed E-state index contributed by atoms with van der Waals surface area (Å²) in [5.41, 5.74) is 2.04. The molecule has 0 aliphatic carbocycles. The predicted molar refractivity (Wildman–Crippen MR) is 72.9 cm³/mol. The first kappa shape index (κ1) is 12.0. The zero-order valence-electron chi connectivity index (χ0n) is 10.6. The smallest absolute Gasteiger partial charge is 0.244 e. The standard InChI is InChI=1S/C12H13N5O2S/c20-12-13-14-15-17(12)9-4-1-3-8(7-9)16-6-2-5-10(16)11-18-19-11/h1,3-4,7,10-11H,2,5-6H2,(H,13,15,20). The number of hydrogen-bond acceptors (Lipinski definition) is 6. The molecule has 2 fully saturated rings. The van der Waals surface area contributed by atoms with Gasteiger partial charge in [-0.05, 0) is 43.3 Å². The van der Waals surface area contributed by atoms with Gasteiger partial charge in [0.25, 0.3) is 0 Å². The van der Waals surface area contributed by atoms with Crippen LogP contribution in [-0.2, 0) is 9.78 Å². The van der Waals surface area contributed by atoms with Crippen LogP contribution in [0.15, 0.2) is 24.3 Å². The summed E-state index contributed by atoms with van der Waals surface area (Å²) in [4.78, 5) is 12.3. The largest absolute Gasteiger partial charge is 0.363 e. The van der Waals surface area contributed by atoms with Crippen molar-refractivity contribution in [2.75, 3.05) is 11.4 Å². The van der Waals surface area contributed by atoms with Crippen LogP contribution in [-0.4, -0.2) is 39.1 Å². The Morgan fingerprint density at radius 2 is 2.15 bits per heavy atom.